The lowest BCUT2D eigenvalue weighted by molar-refractivity contribution is 0.405. The molecule has 0 saturated heterocycles. The summed E-state index contributed by atoms with van der Waals surface area (Å²) in [5.74, 6) is 1.64. The van der Waals surface area contributed by atoms with Gasteiger partial charge in [-0.3, -0.25) is 0 Å². The summed E-state index contributed by atoms with van der Waals surface area (Å²) in [4.78, 5) is 8.53. The van der Waals surface area contributed by atoms with E-state index in [0.29, 0.717) is 36.2 Å². The molecule has 4 rings (SSSR count). The maximum Gasteiger partial charge on any atom is 0.193 e. The van der Waals surface area contributed by atoms with E-state index in [-0.39, 0.29) is 24.0 Å². The van der Waals surface area contributed by atoms with Crippen LogP contribution in [0.5, 0.6) is 11.5 Å². The van der Waals surface area contributed by atoms with Gasteiger partial charge in [0, 0.05) is 6.07 Å². The minimum absolute atomic E-state index is 0. The van der Waals surface area contributed by atoms with Gasteiger partial charge in [0.15, 0.2) is 5.96 Å². The SMILES string of the molecule is COc1ccc(OC)c(NC(N)=NCc2ccccc2-c2ccc(Cn3cncn3)cc2)c1.I. The number of hydrogen-bond acceptors (Lipinski definition) is 5. The van der Waals surface area contributed by atoms with Gasteiger partial charge in [-0.25, -0.2) is 14.7 Å². The monoisotopic (exact) mass is 570 g/mol. The fourth-order valence-corrected chi connectivity index (χ4v) is 3.49. The van der Waals surface area contributed by atoms with E-state index in [1.54, 1.807) is 25.2 Å². The van der Waals surface area contributed by atoms with Gasteiger partial charge in [-0.2, -0.15) is 5.10 Å². The summed E-state index contributed by atoms with van der Waals surface area (Å²) in [6.07, 6.45) is 3.25. The highest BCUT2D eigenvalue weighted by atomic mass is 127. The van der Waals surface area contributed by atoms with Gasteiger partial charge in [-0.1, -0.05) is 48.5 Å². The molecule has 3 aromatic carbocycles. The lowest BCUT2D eigenvalue weighted by Gasteiger charge is -2.13. The zero-order valence-corrected chi connectivity index (χ0v) is 21.3. The van der Waals surface area contributed by atoms with Crippen LogP contribution >= 0.6 is 24.0 Å². The van der Waals surface area contributed by atoms with Crippen LogP contribution in [0.1, 0.15) is 11.1 Å². The fourth-order valence-electron chi connectivity index (χ4n) is 3.49. The van der Waals surface area contributed by atoms with Crippen LogP contribution in [0, 0.1) is 0 Å². The molecule has 0 spiro atoms. The van der Waals surface area contributed by atoms with Crippen molar-refractivity contribution in [3.05, 3.63) is 90.5 Å². The number of aromatic nitrogens is 3. The van der Waals surface area contributed by atoms with E-state index in [4.69, 9.17) is 15.2 Å². The number of guanidine groups is 1. The number of anilines is 1. The van der Waals surface area contributed by atoms with Crippen LogP contribution in [-0.4, -0.2) is 34.9 Å². The Hall–Kier alpha value is -3.60. The highest BCUT2D eigenvalue weighted by Gasteiger charge is 2.08. The standard InChI is InChI=1S/C25H26N6O2.HI/c1-32-21-11-12-24(33-2)23(13-21)30-25(26)28-14-20-5-3-4-6-22(20)19-9-7-18(8-10-19)15-31-17-27-16-29-31;/h3-13,16-17H,14-15H2,1-2H3,(H3,26,28,30);1H. The van der Waals surface area contributed by atoms with Crippen molar-refractivity contribution in [1.82, 2.24) is 14.8 Å². The molecule has 1 aromatic heterocycles. The number of halogens is 1. The minimum atomic E-state index is 0. The van der Waals surface area contributed by atoms with Gasteiger partial charge in [0.2, 0.25) is 0 Å². The second kappa shape index (κ2) is 12.0. The van der Waals surface area contributed by atoms with Crippen molar-refractivity contribution in [1.29, 1.82) is 0 Å². The highest BCUT2D eigenvalue weighted by Crippen LogP contribution is 2.29. The highest BCUT2D eigenvalue weighted by molar-refractivity contribution is 14.0. The number of ether oxygens (including phenoxy) is 2. The van der Waals surface area contributed by atoms with Crippen molar-refractivity contribution in [2.45, 2.75) is 13.1 Å². The first kappa shape index (κ1) is 25.0. The molecular formula is C25H27IN6O2. The second-order valence-corrected chi connectivity index (χ2v) is 7.34. The molecule has 176 valence electrons. The maximum atomic E-state index is 6.17. The number of methoxy groups -OCH3 is 2. The van der Waals surface area contributed by atoms with E-state index in [1.165, 1.54) is 6.33 Å². The smallest absolute Gasteiger partial charge is 0.193 e. The molecule has 0 amide bonds. The summed E-state index contributed by atoms with van der Waals surface area (Å²) in [5.41, 5.74) is 11.3. The normalized spacial score (nSPS) is 10.9. The van der Waals surface area contributed by atoms with Crippen LogP contribution in [0.4, 0.5) is 5.69 Å². The Morgan fingerprint density at radius 2 is 1.82 bits per heavy atom. The predicted octanol–water partition coefficient (Wildman–Crippen LogP) is 4.56. The molecule has 0 atom stereocenters. The number of nitrogens with one attached hydrogen (secondary N) is 1. The molecule has 1 heterocycles. The minimum Gasteiger partial charge on any atom is -0.497 e. The van der Waals surface area contributed by atoms with E-state index in [2.05, 4.69) is 56.8 Å². The first-order valence-corrected chi connectivity index (χ1v) is 10.4. The number of nitrogens with two attached hydrogens (primary N) is 1. The van der Waals surface area contributed by atoms with Gasteiger partial charge in [0.05, 0.1) is 33.0 Å². The van der Waals surface area contributed by atoms with E-state index in [0.717, 1.165) is 22.3 Å². The van der Waals surface area contributed by atoms with Gasteiger partial charge in [0.1, 0.15) is 24.2 Å². The lowest BCUT2D eigenvalue weighted by atomic mass is 9.98. The van der Waals surface area contributed by atoms with Gasteiger partial charge >= 0.3 is 0 Å². The van der Waals surface area contributed by atoms with E-state index < -0.39 is 0 Å². The molecule has 0 bridgehead atoms. The van der Waals surface area contributed by atoms with Crippen LogP contribution in [-0.2, 0) is 13.1 Å². The summed E-state index contributed by atoms with van der Waals surface area (Å²) < 4.78 is 12.5. The second-order valence-electron chi connectivity index (χ2n) is 7.34. The Labute approximate surface area is 215 Å². The molecule has 3 N–H and O–H groups in total. The molecule has 0 saturated carbocycles. The molecule has 0 unspecified atom stereocenters. The average molecular weight is 570 g/mol. The van der Waals surface area contributed by atoms with Gasteiger partial charge in [0.25, 0.3) is 0 Å². The van der Waals surface area contributed by atoms with Crippen molar-refractivity contribution in [3.63, 3.8) is 0 Å². The van der Waals surface area contributed by atoms with Crippen molar-refractivity contribution in [3.8, 4) is 22.6 Å². The van der Waals surface area contributed by atoms with Gasteiger partial charge in [-0.05, 0) is 34.4 Å². The lowest BCUT2D eigenvalue weighted by Crippen LogP contribution is -2.23. The number of rotatable bonds is 8. The Morgan fingerprint density at radius 1 is 1.03 bits per heavy atom. The largest absolute Gasteiger partial charge is 0.497 e. The first-order chi connectivity index (χ1) is 16.2. The number of hydrogen-bond donors (Lipinski definition) is 2. The summed E-state index contributed by atoms with van der Waals surface area (Å²) in [6, 6.07) is 22.0. The third-order valence-electron chi connectivity index (χ3n) is 5.18. The van der Waals surface area contributed by atoms with Crippen molar-refractivity contribution in [2.75, 3.05) is 19.5 Å². The summed E-state index contributed by atoms with van der Waals surface area (Å²) in [7, 11) is 3.22. The Morgan fingerprint density at radius 3 is 2.53 bits per heavy atom. The van der Waals surface area contributed by atoms with Crippen LogP contribution in [0.15, 0.2) is 84.4 Å². The molecule has 0 fully saturated rings. The van der Waals surface area contributed by atoms with Crippen molar-refractivity contribution < 1.29 is 9.47 Å². The summed E-state index contributed by atoms with van der Waals surface area (Å²) >= 11 is 0. The molecule has 0 aliphatic carbocycles. The molecule has 0 aliphatic rings. The maximum absolute atomic E-state index is 6.17. The van der Waals surface area contributed by atoms with Crippen molar-refractivity contribution in [2.24, 2.45) is 10.7 Å². The van der Waals surface area contributed by atoms with Crippen LogP contribution in [0.25, 0.3) is 11.1 Å². The van der Waals surface area contributed by atoms with E-state index >= 15 is 0 Å². The quantitative estimate of drug-likeness (QED) is 0.183. The third kappa shape index (κ3) is 6.25. The van der Waals surface area contributed by atoms with Crippen LogP contribution in [0.3, 0.4) is 0 Å². The van der Waals surface area contributed by atoms with E-state index in [9.17, 15) is 0 Å². The summed E-state index contributed by atoms with van der Waals surface area (Å²) in [6.45, 7) is 1.12. The molecule has 8 nitrogen and oxygen atoms in total. The molecular weight excluding hydrogens is 543 g/mol. The van der Waals surface area contributed by atoms with E-state index in [1.807, 2.05) is 30.3 Å². The molecule has 4 aromatic rings. The van der Waals surface area contributed by atoms with Crippen LogP contribution in [0.2, 0.25) is 0 Å². The predicted molar refractivity (Wildman–Crippen MR) is 145 cm³/mol. The van der Waals surface area contributed by atoms with Crippen LogP contribution < -0.4 is 20.5 Å². The van der Waals surface area contributed by atoms with Crippen molar-refractivity contribution >= 4 is 35.6 Å². The fraction of sp³-hybridized carbons (Fsp3) is 0.160. The Bertz CT molecular complexity index is 1230. The zero-order valence-electron chi connectivity index (χ0n) is 19.0. The van der Waals surface area contributed by atoms with Gasteiger partial charge < -0.3 is 20.5 Å². The molecule has 9 heteroatoms. The number of nitrogens with zero attached hydrogens (tertiary/aromatic N) is 4. The molecule has 0 radical (unpaired) electrons. The third-order valence-corrected chi connectivity index (χ3v) is 5.18. The summed E-state index contributed by atoms with van der Waals surface area (Å²) in [5, 5.41) is 7.26. The van der Waals surface area contributed by atoms with Gasteiger partial charge in [-0.15, -0.1) is 24.0 Å². The number of aliphatic imine (C=N–C) groups is 1. The zero-order chi connectivity index (χ0) is 23.0. The Balaban J connectivity index is 0.00000324. The average Bonchev–Trinajstić information content (AvgIpc) is 3.36. The molecule has 34 heavy (non-hydrogen) atoms. The molecule has 0 aliphatic heterocycles. The number of benzene rings is 3. The Kier molecular flexibility index (Phi) is 8.86. The topological polar surface area (TPSA) is 99.6 Å². The first-order valence-electron chi connectivity index (χ1n) is 10.4.